The molecule has 150 valence electrons. The Labute approximate surface area is 170 Å². The van der Waals surface area contributed by atoms with Crippen LogP contribution in [0, 0.1) is 13.8 Å². The highest BCUT2D eigenvalue weighted by molar-refractivity contribution is 7.89. The number of rotatable bonds is 7. The minimum absolute atomic E-state index is 0.263. The first-order chi connectivity index (χ1) is 12.6. The van der Waals surface area contributed by atoms with Crippen molar-refractivity contribution in [1.82, 2.24) is 19.5 Å². The number of nitrogens with zero attached hydrogens (tertiary/aromatic N) is 3. The Hall–Kier alpha value is -1.55. The first kappa shape index (κ1) is 21.7. The van der Waals surface area contributed by atoms with E-state index in [4.69, 9.17) is 11.6 Å². The molecule has 0 spiro atoms. The normalized spacial score (nSPS) is 12.4. The molecule has 0 aliphatic carbocycles. The highest BCUT2D eigenvalue weighted by Gasteiger charge is 2.18. The summed E-state index contributed by atoms with van der Waals surface area (Å²) in [6.07, 6.45) is 1.85. The summed E-state index contributed by atoms with van der Waals surface area (Å²) in [4.78, 5) is 8.33. The molecule has 0 aliphatic rings. The average molecular weight is 432 g/mol. The molecule has 0 aromatic carbocycles. The van der Waals surface area contributed by atoms with Gasteiger partial charge >= 0.3 is 0 Å². The van der Waals surface area contributed by atoms with Crippen LogP contribution in [0.4, 0.5) is 0 Å². The van der Waals surface area contributed by atoms with Crippen molar-refractivity contribution in [3.05, 3.63) is 38.8 Å². The van der Waals surface area contributed by atoms with Crippen molar-refractivity contribution >= 4 is 38.9 Å². The molecule has 2 N–H and O–H groups in total. The third-order valence-corrected chi connectivity index (χ3v) is 6.92. The van der Waals surface area contributed by atoms with Crippen molar-refractivity contribution in [2.45, 2.75) is 25.3 Å². The maximum absolute atomic E-state index is 12.4. The molecule has 7 nitrogen and oxygen atoms in total. The van der Waals surface area contributed by atoms with Crippen LogP contribution in [0.1, 0.15) is 15.4 Å². The number of guanidine groups is 1. The van der Waals surface area contributed by atoms with Gasteiger partial charge < -0.3 is 14.8 Å². The zero-order valence-corrected chi connectivity index (χ0v) is 18.6. The van der Waals surface area contributed by atoms with E-state index in [-0.39, 0.29) is 6.54 Å². The number of halogens is 1. The molecule has 2 heterocycles. The second-order valence-electron chi connectivity index (χ2n) is 6.27. The third-order valence-electron chi connectivity index (χ3n) is 4.03. The Morgan fingerprint density at radius 2 is 2.04 bits per heavy atom. The lowest BCUT2D eigenvalue weighted by molar-refractivity contribution is 0.462. The van der Waals surface area contributed by atoms with Crippen LogP contribution in [-0.2, 0) is 23.6 Å². The highest BCUT2D eigenvalue weighted by atomic mass is 35.5. The van der Waals surface area contributed by atoms with Crippen molar-refractivity contribution in [3.8, 4) is 0 Å². The van der Waals surface area contributed by atoms with E-state index >= 15 is 0 Å². The molecular formula is C17H26ClN5O2S2. The monoisotopic (exact) mass is 431 g/mol. The largest absolute Gasteiger partial charge is 0.355 e. The standard InChI is InChI=1S/C17H26ClN5O2S2/c1-12-8-16(13(2)26-12)27(24,25)21-7-6-20-17(19-3)23(5)11-15-9-14(18)10-22(15)4/h8-10,21H,6-7,11H2,1-5H3,(H,19,20). The molecule has 0 atom stereocenters. The van der Waals surface area contributed by atoms with E-state index < -0.39 is 10.0 Å². The van der Waals surface area contributed by atoms with Gasteiger partial charge in [0, 0.05) is 55.9 Å². The second kappa shape index (κ2) is 9.09. The second-order valence-corrected chi connectivity index (χ2v) is 9.90. The predicted molar refractivity (Wildman–Crippen MR) is 112 cm³/mol. The maximum Gasteiger partial charge on any atom is 0.241 e. The lowest BCUT2D eigenvalue weighted by Gasteiger charge is -2.22. The quantitative estimate of drug-likeness (QED) is 0.400. The van der Waals surface area contributed by atoms with Gasteiger partial charge in [-0.25, -0.2) is 13.1 Å². The maximum atomic E-state index is 12.4. The van der Waals surface area contributed by atoms with Crippen molar-refractivity contribution in [2.75, 3.05) is 27.2 Å². The summed E-state index contributed by atoms with van der Waals surface area (Å²) in [5.74, 6) is 0.675. The number of aryl methyl sites for hydroxylation is 3. The van der Waals surface area contributed by atoms with Gasteiger partial charge in [-0.1, -0.05) is 11.6 Å². The first-order valence-corrected chi connectivity index (χ1v) is 11.1. The number of thiophene rings is 1. The molecule has 0 unspecified atom stereocenters. The highest BCUT2D eigenvalue weighted by Crippen LogP contribution is 2.24. The average Bonchev–Trinajstić information content (AvgIpc) is 3.08. The number of aliphatic imine (C=N–C) groups is 1. The summed E-state index contributed by atoms with van der Waals surface area (Å²) in [6.45, 7) is 5.03. The van der Waals surface area contributed by atoms with E-state index in [2.05, 4.69) is 15.0 Å². The van der Waals surface area contributed by atoms with Gasteiger partial charge in [0.2, 0.25) is 10.0 Å². The fourth-order valence-electron chi connectivity index (χ4n) is 2.74. The predicted octanol–water partition coefficient (Wildman–Crippen LogP) is 2.34. The summed E-state index contributed by atoms with van der Waals surface area (Å²) in [6, 6.07) is 3.61. The van der Waals surface area contributed by atoms with E-state index in [1.807, 2.05) is 49.7 Å². The zero-order chi connectivity index (χ0) is 20.2. The van der Waals surface area contributed by atoms with Gasteiger partial charge in [0.25, 0.3) is 0 Å². The Morgan fingerprint density at radius 3 is 2.56 bits per heavy atom. The minimum Gasteiger partial charge on any atom is -0.355 e. The molecule has 2 aromatic heterocycles. The summed E-state index contributed by atoms with van der Waals surface area (Å²) in [5, 5.41) is 3.86. The molecule has 27 heavy (non-hydrogen) atoms. The molecule has 2 aromatic rings. The number of sulfonamides is 1. The van der Waals surface area contributed by atoms with Gasteiger partial charge in [0.05, 0.1) is 16.5 Å². The van der Waals surface area contributed by atoms with Crippen LogP contribution in [0.15, 0.2) is 28.2 Å². The van der Waals surface area contributed by atoms with Crippen LogP contribution in [0.3, 0.4) is 0 Å². The van der Waals surface area contributed by atoms with Crippen molar-refractivity contribution in [2.24, 2.45) is 12.0 Å². The Bertz CT molecular complexity index is 918. The SMILES string of the molecule is CN=C(NCCNS(=O)(=O)c1cc(C)sc1C)N(C)Cc1cc(Cl)cn1C. The van der Waals surface area contributed by atoms with E-state index in [0.29, 0.717) is 29.0 Å². The Balaban J connectivity index is 1.87. The van der Waals surface area contributed by atoms with E-state index in [9.17, 15) is 8.42 Å². The summed E-state index contributed by atoms with van der Waals surface area (Å²) in [5.41, 5.74) is 1.05. The van der Waals surface area contributed by atoms with E-state index in [1.54, 1.807) is 13.1 Å². The molecule has 0 radical (unpaired) electrons. The lowest BCUT2D eigenvalue weighted by atomic mass is 10.4. The van der Waals surface area contributed by atoms with Crippen LogP contribution < -0.4 is 10.0 Å². The molecule has 10 heteroatoms. The molecule has 0 bridgehead atoms. The topological polar surface area (TPSA) is 78.7 Å². The number of nitrogens with one attached hydrogen (secondary N) is 2. The molecule has 0 fully saturated rings. The van der Waals surface area contributed by atoms with Crippen molar-refractivity contribution in [3.63, 3.8) is 0 Å². The van der Waals surface area contributed by atoms with E-state index in [1.165, 1.54) is 11.3 Å². The van der Waals surface area contributed by atoms with Gasteiger partial charge in [0.1, 0.15) is 0 Å². The summed E-state index contributed by atoms with van der Waals surface area (Å²) in [7, 11) is 2.05. The van der Waals surface area contributed by atoms with Crippen LogP contribution in [0.2, 0.25) is 5.02 Å². The first-order valence-electron chi connectivity index (χ1n) is 8.43. The van der Waals surface area contributed by atoms with Gasteiger partial charge in [-0.3, -0.25) is 4.99 Å². The molecule has 0 amide bonds. The zero-order valence-electron chi connectivity index (χ0n) is 16.2. The molecular weight excluding hydrogens is 406 g/mol. The van der Waals surface area contributed by atoms with Crippen LogP contribution in [0.5, 0.6) is 0 Å². The van der Waals surface area contributed by atoms with Crippen molar-refractivity contribution in [1.29, 1.82) is 0 Å². The smallest absolute Gasteiger partial charge is 0.241 e. The number of hydrogen-bond acceptors (Lipinski definition) is 4. The number of hydrogen-bond donors (Lipinski definition) is 2. The molecule has 0 saturated carbocycles. The van der Waals surface area contributed by atoms with Crippen LogP contribution in [0.25, 0.3) is 0 Å². The Morgan fingerprint density at radius 1 is 1.33 bits per heavy atom. The van der Waals surface area contributed by atoms with Gasteiger partial charge in [-0.2, -0.15) is 0 Å². The van der Waals surface area contributed by atoms with Crippen LogP contribution in [-0.4, -0.2) is 51.0 Å². The minimum atomic E-state index is -3.50. The molecule has 0 saturated heterocycles. The fourth-order valence-corrected chi connectivity index (χ4v) is 5.59. The molecule has 2 rings (SSSR count). The van der Waals surface area contributed by atoms with Gasteiger partial charge in [0.15, 0.2) is 5.96 Å². The lowest BCUT2D eigenvalue weighted by Crippen LogP contribution is -2.42. The molecule has 0 aliphatic heterocycles. The third kappa shape index (κ3) is 5.71. The fraction of sp³-hybridized carbons (Fsp3) is 0.471. The van der Waals surface area contributed by atoms with E-state index in [0.717, 1.165) is 15.4 Å². The van der Waals surface area contributed by atoms with Crippen molar-refractivity contribution < 1.29 is 8.42 Å². The van der Waals surface area contributed by atoms with Gasteiger partial charge in [-0.15, -0.1) is 11.3 Å². The van der Waals surface area contributed by atoms with Gasteiger partial charge in [-0.05, 0) is 26.0 Å². The van der Waals surface area contributed by atoms with Crippen LogP contribution >= 0.6 is 22.9 Å². The summed E-state index contributed by atoms with van der Waals surface area (Å²) >= 11 is 7.50. The Kier molecular flexibility index (Phi) is 7.32. The summed E-state index contributed by atoms with van der Waals surface area (Å²) < 4.78 is 29.4. The number of aromatic nitrogens is 1.